The molecule has 0 aliphatic carbocycles. The molecule has 4 heteroatoms. The molecule has 0 saturated carbocycles. The Morgan fingerprint density at radius 2 is 1.32 bits per heavy atom. The first-order valence-corrected chi connectivity index (χ1v) is 8.92. The lowest BCUT2D eigenvalue weighted by Gasteiger charge is -2.23. The van der Waals surface area contributed by atoms with Crippen LogP contribution in [-0.2, 0) is 11.3 Å². The summed E-state index contributed by atoms with van der Waals surface area (Å²) in [4.78, 5) is 14.6. The molecule has 0 bridgehead atoms. The first-order chi connectivity index (χ1) is 12.3. The summed E-state index contributed by atoms with van der Waals surface area (Å²) in [6.07, 6.45) is 0. The van der Waals surface area contributed by atoms with E-state index in [4.69, 9.17) is 0 Å². The van der Waals surface area contributed by atoms with Crippen LogP contribution in [0.1, 0.15) is 5.56 Å². The summed E-state index contributed by atoms with van der Waals surface area (Å²) in [5, 5.41) is 3.24. The normalized spacial score (nSPS) is 10.4. The second-order valence-electron chi connectivity index (χ2n) is 5.60. The first kappa shape index (κ1) is 17.4. The molecule has 25 heavy (non-hydrogen) atoms. The van der Waals surface area contributed by atoms with Gasteiger partial charge in [-0.15, -0.1) is 0 Å². The smallest absolute Gasteiger partial charge is 0.245 e. The molecule has 3 rings (SSSR count). The van der Waals surface area contributed by atoms with Crippen molar-refractivity contribution in [2.45, 2.75) is 6.54 Å². The van der Waals surface area contributed by atoms with Gasteiger partial charge in [-0.25, -0.2) is 0 Å². The number of benzene rings is 3. The average molecular weight is 395 g/mol. The summed E-state index contributed by atoms with van der Waals surface area (Å²) in [7, 11) is 0. The third-order valence-corrected chi connectivity index (χ3v) is 4.60. The number of carbonyl (C=O) groups excluding carboxylic acids is 1. The number of carbonyl (C=O) groups is 1. The highest BCUT2D eigenvalue weighted by atomic mass is 79.9. The van der Waals surface area contributed by atoms with Gasteiger partial charge in [0.2, 0.25) is 5.91 Å². The SMILES string of the molecule is O=C(CNCc1ccccc1Br)N(c1ccccc1)c1ccccc1. The molecule has 0 unspecified atom stereocenters. The Balaban J connectivity index is 1.73. The maximum Gasteiger partial charge on any atom is 0.245 e. The lowest BCUT2D eigenvalue weighted by Crippen LogP contribution is -2.35. The Morgan fingerprint density at radius 1 is 0.800 bits per heavy atom. The maximum absolute atomic E-state index is 12.9. The molecule has 0 heterocycles. The van der Waals surface area contributed by atoms with Crippen LogP contribution in [0, 0.1) is 0 Å². The van der Waals surface area contributed by atoms with Crippen LogP contribution in [0.15, 0.2) is 89.4 Å². The second-order valence-corrected chi connectivity index (χ2v) is 6.45. The largest absolute Gasteiger partial charge is 0.304 e. The third kappa shape index (κ3) is 4.56. The van der Waals surface area contributed by atoms with Crippen molar-refractivity contribution in [1.29, 1.82) is 0 Å². The van der Waals surface area contributed by atoms with Crippen LogP contribution in [0.25, 0.3) is 0 Å². The number of nitrogens with one attached hydrogen (secondary N) is 1. The first-order valence-electron chi connectivity index (χ1n) is 8.13. The summed E-state index contributed by atoms with van der Waals surface area (Å²) in [5.41, 5.74) is 2.85. The maximum atomic E-state index is 12.9. The van der Waals surface area contributed by atoms with Crippen molar-refractivity contribution in [3.05, 3.63) is 95.0 Å². The zero-order valence-electron chi connectivity index (χ0n) is 13.7. The van der Waals surface area contributed by atoms with E-state index in [0.29, 0.717) is 6.54 Å². The summed E-state index contributed by atoms with van der Waals surface area (Å²) < 4.78 is 1.04. The molecule has 0 spiro atoms. The van der Waals surface area contributed by atoms with Gasteiger partial charge >= 0.3 is 0 Å². The Labute approximate surface area is 156 Å². The van der Waals surface area contributed by atoms with Crippen molar-refractivity contribution in [2.24, 2.45) is 0 Å². The zero-order valence-corrected chi connectivity index (χ0v) is 15.3. The van der Waals surface area contributed by atoms with Crippen LogP contribution in [0.2, 0.25) is 0 Å². The van der Waals surface area contributed by atoms with Gasteiger partial charge in [0, 0.05) is 22.4 Å². The molecule has 1 N–H and O–H groups in total. The zero-order chi connectivity index (χ0) is 17.5. The molecule has 3 aromatic carbocycles. The van der Waals surface area contributed by atoms with Crippen LogP contribution in [-0.4, -0.2) is 12.5 Å². The summed E-state index contributed by atoms with van der Waals surface area (Å²) in [6, 6.07) is 27.4. The van der Waals surface area contributed by atoms with Crippen molar-refractivity contribution in [1.82, 2.24) is 5.32 Å². The Bertz CT molecular complexity index is 782. The fraction of sp³-hybridized carbons (Fsp3) is 0.0952. The highest BCUT2D eigenvalue weighted by molar-refractivity contribution is 9.10. The number of nitrogens with zero attached hydrogens (tertiary/aromatic N) is 1. The molecule has 0 fully saturated rings. The van der Waals surface area contributed by atoms with Gasteiger partial charge in [0.25, 0.3) is 0 Å². The van der Waals surface area contributed by atoms with E-state index in [1.807, 2.05) is 84.9 Å². The van der Waals surface area contributed by atoms with Crippen molar-refractivity contribution >= 4 is 33.2 Å². The minimum atomic E-state index is 0.00412. The van der Waals surface area contributed by atoms with Crippen molar-refractivity contribution in [3.8, 4) is 0 Å². The molecular formula is C21H19BrN2O. The summed E-state index contributed by atoms with van der Waals surface area (Å²) in [5.74, 6) is 0.00412. The molecule has 0 radical (unpaired) electrons. The van der Waals surface area contributed by atoms with E-state index in [-0.39, 0.29) is 12.5 Å². The fourth-order valence-electron chi connectivity index (χ4n) is 2.62. The number of anilines is 2. The van der Waals surface area contributed by atoms with Crippen LogP contribution < -0.4 is 10.2 Å². The molecular weight excluding hydrogens is 376 g/mol. The Kier molecular flexibility index (Phi) is 5.99. The molecule has 0 atom stereocenters. The number of rotatable bonds is 6. The number of amides is 1. The quantitative estimate of drug-likeness (QED) is 0.644. The molecule has 0 aromatic heterocycles. The van der Waals surface area contributed by atoms with E-state index in [1.165, 1.54) is 0 Å². The van der Waals surface area contributed by atoms with Crippen LogP contribution in [0.3, 0.4) is 0 Å². The molecule has 126 valence electrons. The Morgan fingerprint density at radius 3 is 1.88 bits per heavy atom. The number of para-hydroxylation sites is 2. The predicted octanol–water partition coefficient (Wildman–Crippen LogP) is 4.90. The van der Waals surface area contributed by atoms with Gasteiger partial charge in [-0.05, 0) is 35.9 Å². The van der Waals surface area contributed by atoms with Crippen molar-refractivity contribution < 1.29 is 4.79 Å². The van der Waals surface area contributed by atoms with Gasteiger partial charge in [-0.2, -0.15) is 0 Å². The number of hydrogen-bond donors (Lipinski definition) is 1. The van der Waals surface area contributed by atoms with E-state index in [0.717, 1.165) is 21.4 Å². The molecule has 1 amide bonds. The topological polar surface area (TPSA) is 32.3 Å². The van der Waals surface area contributed by atoms with E-state index in [1.54, 1.807) is 4.90 Å². The Hall–Kier alpha value is -2.43. The van der Waals surface area contributed by atoms with Gasteiger partial charge in [0.05, 0.1) is 6.54 Å². The van der Waals surface area contributed by atoms with Crippen LogP contribution >= 0.6 is 15.9 Å². The van der Waals surface area contributed by atoms with Crippen LogP contribution in [0.4, 0.5) is 11.4 Å². The van der Waals surface area contributed by atoms with Gasteiger partial charge in [-0.1, -0.05) is 70.5 Å². The number of hydrogen-bond acceptors (Lipinski definition) is 2. The van der Waals surface area contributed by atoms with Crippen LogP contribution in [0.5, 0.6) is 0 Å². The second kappa shape index (κ2) is 8.60. The number of halogens is 1. The predicted molar refractivity (Wildman–Crippen MR) is 106 cm³/mol. The molecule has 0 aliphatic heterocycles. The monoisotopic (exact) mass is 394 g/mol. The van der Waals surface area contributed by atoms with Crippen molar-refractivity contribution in [3.63, 3.8) is 0 Å². The minimum Gasteiger partial charge on any atom is -0.304 e. The lowest BCUT2D eigenvalue weighted by molar-refractivity contribution is -0.117. The molecule has 3 aromatic rings. The van der Waals surface area contributed by atoms with E-state index in [2.05, 4.69) is 21.2 Å². The van der Waals surface area contributed by atoms with E-state index >= 15 is 0 Å². The van der Waals surface area contributed by atoms with Crippen molar-refractivity contribution in [2.75, 3.05) is 11.4 Å². The molecule has 0 aliphatic rings. The van der Waals surface area contributed by atoms with Gasteiger partial charge < -0.3 is 5.32 Å². The summed E-state index contributed by atoms with van der Waals surface area (Å²) in [6.45, 7) is 0.885. The standard InChI is InChI=1S/C21H19BrN2O/c22-20-14-8-7-9-17(20)15-23-16-21(25)24(18-10-3-1-4-11-18)19-12-5-2-6-13-19/h1-14,23H,15-16H2. The highest BCUT2D eigenvalue weighted by Crippen LogP contribution is 2.24. The third-order valence-electron chi connectivity index (χ3n) is 3.83. The minimum absolute atomic E-state index is 0.00412. The van der Waals surface area contributed by atoms with Gasteiger partial charge in [0.1, 0.15) is 0 Å². The highest BCUT2D eigenvalue weighted by Gasteiger charge is 2.17. The lowest BCUT2D eigenvalue weighted by atomic mass is 10.2. The fourth-order valence-corrected chi connectivity index (χ4v) is 3.04. The van der Waals surface area contributed by atoms with Gasteiger partial charge in [0.15, 0.2) is 0 Å². The van der Waals surface area contributed by atoms with E-state index < -0.39 is 0 Å². The average Bonchev–Trinajstić information content (AvgIpc) is 2.65. The summed E-state index contributed by atoms with van der Waals surface area (Å²) >= 11 is 3.53. The van der Waals surface area contributed by atoms with Gasteiger partial charge in [-0.3, -0.25) is 9.69 Å². The molecule has 3 nitrogen and oxygen atoms in total. The molecule has 0 saturated heterocycles. The van der Waals surface area contributed by atoms with E-state index in [9.17, 15) is 4.79 Å².